The largest absolute Gasteiger partial charge is 0.457 e. The molecular formula is C10H14Cl2O2. The molecule has 2 unspecified atom stereocenters. The van der Waals surface area contributed by atoms with Crippen LogP contribution in [0.2, 0.25) is 0 Å². The second-order valence-electron chi connectivity index (χ2n) is 4.24. The average Bonchev–Trinajstić information content (AvgIpc) is 2.24. The molecule has 0 radical (unpaired) electrons. The molecule has 14 heavy (non-hydrogen) atoms. The van der Waals surface area contributed by atoms with Gasteiger partial charge in [0.2, 0.25) is 0 Å². The minimum absolute atomic E-state index is 0.178. The van der Waals surface area contributed by atoms with E-state index >= 15 is 0 Å². The first kappa shape index (κ1) is 11.9. The highest BCUT2D eigenvalue weighted by atomic mass is 35.5. The molecule has 1 heterocycles. The summed E-state index contributed by atoms with van der Waals surface area (Å²) >= 11 is 11.7. The maximum atomic E-state index is 11.1. The molecule has 0 aromatic carbocycles. The van der Waals surface area contributed by atoms with Crippen molar-refractivity contribution in [2.24, 2.45) is 5.41 Å². The summed E-state index contributed by atoms with van der Waals surface area (Å²) in [7, 11) is 0. The first-order chi connectivity index (χ1) is 6.33. The van der Waals surface area contributed by atoms with Gasteiger partial charge in [0.15, 0.2) is 0 Å². The number of hydrogen-bond acceptors (Lipinski definition) is 2. The number of halogens is 2. The monoisotopic (exact) mass is 236 g/mol. The molecule has 0 aliphatic carbocycles. The Bertz CT molecular complexity index is 269. The van der Waals surface area contributed by atoms with Crippen molar-refractivity contribution in [2.75, 3.05) is 0 Å². The molecule has 4 heteroatoms. The molecule has 0 spiro atoms. The Hall–Kier alpha value is -0.210. The SMILES string of the molecule is CC(Cl)C(Cl)=CC1OC(=O)CC1(C)C. The molecule has 0 aromatic rings. The van der Waals surface area contributed by atoms with E-state index in [1.165, 1.54) is 0 Å². The highest BCUT2D eigenvalue weighted by molar-refractivity contribution is 6.37. The molecule has 1 aliphatic rings. The lowest BCUT2D eigenvalue weighted by Gasteiger charge is -2.21. The number of ether oxygens (including phenoxy) is 1. The maximum absolute atomic E-state index is 11.1. The Morgan fingerprint density at radius 2 is 2.29 bits per heavy atom. The van der Waals surface area contributed by atoms with Gasteiger partial charge in [0.1, 0.15) is 6.10 Å². The van der Waals surface area contributed by atoms with Crippen molar-refractivity contribution in [3.05, 3.63) is 11.1 Å². The highest BCUT2D eigenvalue weighted by Gasteiger charge is 2.40. The molecular weight excluding hydrogens is 223 g/mol. The summed E-state index contributed by atoms with van der Waals surface area (Å²) in [6, 6.07) is 0. The van der Waals surface area contributed by atoms with Crippen LogP contribution >= 0.6 is 23.2 Å². The third-order valence-electron chi connectivity index (χ3n) is 2.32. The van der Waals surface area contributed by atoms with Crippen molar-refractivity contribution >= 4 is 29.2 Å². The van der Waals surface area contributed by atoms with Gasteiger partial charge in [-0.2, -0.15) is 0 Å². The summed E-state index contributed by atoms with van der Waals surface area (Å²) in [5.74, 6) is -0.178. The van der Waals surface area contributed by atoms with Crippen molar-refractivity contribution in [1.82, 2.24) is 0 Å². The van der Waals surface area contributed by atoms with Crippen LogP contribution < -0.4 is 0 Å². The van der Waals surface area contributed by atoms with Crippen LogP contribution in [0.4, 0.5) is 0 Å². The van der Waals surface area contributed by atoms with E-state index in [1.54, 1.807) is 13.0 Å². The second kappa shape index (κ2) is 4.11. The minimum atomic E-state index is -0.260. The summed E-state index contributed by atoms with van der Waals surface area (Å²) in [5.41, 5.74) is -0.191. The zero-order chi connectivity index (χ0) is 10.9. The smallest absolute Gasteiger partial charge is 0.307 e. The van der Waals surface area contributed by atoms with Gasteiger partial charge in [-0.25, -0.2) is 0 Å². The number of carbonyl (C=O) groups is 1. The van der Waals surface area contributed by atoms with E-state index in [4.69, 9.17) is 27.9 Å². The van der Waals surface area contributed by atoms with Gasteiger partial charge in [0.25, 0.3) is 0 Å². The standard InChI is InChI=1S/C10H14Cl2O2/c1-6(11)7(12)4-8-10(2,3)5-9(13)14-8/h4,6,8H,5H2,1-3H3. The van der Waals surface area contributed by atoms with E-state index in [0.717, 1.165) is 0 Å². The predicted octanol–water partition coefficient (Wildman–Crippen LogP) is 3.08. The van der Waals surface area contributed by atoms with Gasteiger partial charge >= 0.3 is 5.97 Å². The second-order valence-corrected chi connectivity index (χ2v) is 5.33. The molecule has 0 amide bonds. The fourth-order valence-corrected chi connectivity index (χ4v) is 1.54. The predicted molar refractivity (Wildman–Crippen MR) is 57.5 cm³/mol. The van der Waals surface area contributed by atoms with Gasteiger partial charge in [0.05, 0.1) is 11.8 Å². The Balaban J connectivity index is 2.79. The Morgan fingerprint density at radius 3 is 2.64 bits per heavy atom. The lowest BCUT2D eigenvalue weighted by atomic mass is 9.85. The van der Waals surface area contributed by atoms with Gasteiger partial charge in [-0.15, -0.1) is 11.6 Å². The van der Waals surface area contributed by atoms with Crippen molar-refractivity contribution < 1.29 is 9.53 Å². The van der Waals surface area contributed by atoms with E-state index in [1.807, 2.05) is 13.8 Å². The van der Waals surface area contributed by atoms with Gasteiger partial charge in [-0.3, -0.25) is 4.79 Å². The van der Waals surface area contributed by atoms with Gasteiger partial charge < -0.3 is 4.74 Å². The Kier molecular flexibility index (Phi) is 3.49. The number of cyclic esters (lactones) is 1. The molecule has 0 aromatic heterocycles. The molecule has 1 fully saturated rings. The van der Waals surface area contributed by atoms with Crippen LogP contribution in [-0.2, 0) is 9.53 Å². The van der Waals surface area contributed by atoms with Crippen LogP contribution in [0, 0.1) is 5.41 Å². The molecule has 0 bridgehead atoms. The maximum Gasteiger partial charge on any atom is 0.307 e. The van der Waals surface area contributed by atoms with E-state index in [9.17, 15) is 4.79 Å². The molecule has 1 saturated heterocycles. The van der Waals surface area contributed by atoms with Crippen molar-refractivity contribution in [3.8, 4) is 0 Å². The van der Waals surface area contributed by atoms with Gasteiger partial charge in [-0.1, -0.05) is 25.4 Å². The number of esters is 1. The third kappa shape index (κ3) is 2.64. The minimum Gasteiger partial charge on any atom is -0.457 e. The van der Waals surface area contributed by atoms with Crippen LogP contribution in [0.1, 0.15) is 27.2 Å². The Labute approximate surface area is 94.2 Å². The van der Waals surface area contributed by atoms with Crippen molar-refractivity contribution in [1.29, 1.82) is 0 Å². The normalized spacial score (nSPS) is 28.8. The fraction of sp³-hybridized carbons (Fsp3) is 0.700. The lowest BCUT2D eigenvalue weighted by Crippen LogP contribution is -2.22. The van der Waals surface area contributed by atoms with Gasteiger partial charge in [0, 0.05) is 10.4 Å². The summed E-state index contributed by atoms with van der Waals surface area (Å²) in [6.07, 6.45) is 1.89. The van der Waals surface area contributed by atoms with Crippen LogP contribution in [0.15, 0.2) is 11.1 Å². The van der Waals surface area contributed by atoms with E-state index < -0.39 is 0 Å². The lowest BCUT2D eigenvalue weighted by molar-refractivity contribution is -0.140. The number of carbonyl (C=O) groups excluding carboxylic acids is 1. The summed E-state index contributed by atoms with van der Waals surface area (Å²) < 4.78 is 5.14. The molecule has 0 saturated carbocycles. The number of hydrogen-bond donors (Lipinski definition) is 0. The molecule has 1 aliphatic heterocycles. The number of alkyl halides is 1. The third-order valence-corrected chi connectivity index (χ3v) is 3.12. The van der Waals surface area contributed by atoms with Gasteiger partial charge in [-0.05, 0) is 13.0 Å². The molecule has 2 atom stereocenters. The van der Waals surface area contributed by atoms with E-state index in [2.05, 4.69) is 0 Å². The molecule has 1 rings (SSSR count). The zero-order valence-corrected chi connectivity index (χ0v) is 10.0. The first-order valence-electron chi connectivity index (χ1n) is 4.53. The van der Waals surface area contributed by atoms with Crippen molar-refractivity contribution in [2.45, 2.75) is 38.7 Å². The molecule has 2 nitrogen and oxygen atoms in total. The topological polar surface area (TPSA) is 26.3 Å². The zero-order valence-electron chi connectivity index (χ0n) is 8.51. The average molecular weight is 237 g/mol. The van der Waals surface area contributed by atoms with E-state index in [0.29, 0.717) is 11.5 Å². The molecule has 80 valence electrons. The van der Waals surface area contributed by atoms with Crippen LogP contribution in [0.5, 0.6) is 0 Å². The summed E-state index contributed by atoms with van der Waals surface area (Å²) in [6.45, 7) is 5.73. The fourth-order valence-electron chi connectivity index (χ4n) is 1.35. The van der Waals surface area contributed by atoms with E-state index in [-0.39, 0.29) is 22.9 Å². The quantitative estimate of drug-likeness (QED) is 0.545. The summed E-state index contributed by atoms with van der Waals surface area (Å²) in [5, 5.41) is 0.284. The number of allylic oxidation sites excluding steroid dienone is 1. The summed E-state index contributed by atoms with van der Waals surface area (Å²) in [4.78, 5) is 11.1. The van der Waals surface area contributed by atoms with Crippen LogP contribution in [0.3, 0.4) is 0 Å². The molecule has 0 N–H and O–H groups in total. The first-order valence-corrected chi connectivity index (χ1v) is 5.35. The highest BCUT2D eigenvalue weighted by Crippen LogP contribution is 2.36. The van der Waals surface area contributed by atoms with Crippen molar-refractivity contribution in [3.63, 3.8) is 0 Å². The van der Waals surface area contributed by atoms with Crippen LogP contribution in [-0.4, -0.2) is 17.5 Å². The van der Waals surface area contributed by atoms with Crippen LogP contribution in [0.25, 0.3) is 0 Å². The number of rotatable bonds is 2. The Morgan fingerprint density at radius 1 is 1.71 bits per heavy atom.